The van der Waals surface area contributed by atoms with E-state index in [0.717, 1.165) is 80.7 Å². The zero-order valence-corrected chi connectivity index (χ0v) is 35.4. The topological polar surface area (TPSA) is 60.4 Å². The van der Waals surface area contributed by atoms with Crippen LogP contribution in [0.3, 0.4) is 0 Å². The quantitative estimate of drug-likeness (QED) is 0.128. The molecule has 0 N–H and O–H groups in total. The normalized spacial score (nSPS) is 18.7. The Morgan fingerprint density at radius 2 is 0.944 bits per heavy atom. The summed E-state index contributed by atoms with van der Waals surface area (Å²) in [6.07, 6.45) is 4.48. The van der Waals surface area contributed by atoms with Crippen LogP contribution in [0.25, 0.3) is 54.6 Å². The first-order chi connectivity index (χ1) is 25.0. The number of fused-ring (bicyclic) bond motifs is 16. The molecule has 6 aromatic heterocycles. The standard InChI is InChI=1S/C47H48N6.Pt/c1-43(2)23-25-45(5,6)41-35(43)39-29-19-21-33(48-37(29)27-15-11-13-17-31(27)52(39)50-41)47(9,10)34-22-20-30-38(49-34)28-16-12-14-18-32(28)53-40(30)36-42(51-53)46(7,8)26-24-44(36,3)4;/h11-14,17-22H,23-26H2,1-10H3;/q-2;+2. The largest absolute Gasteiger partial charge is 2.00 e. The molecular formula is C47H48N6Pt. The molecule has 0 amide bonds. The number of hydrogen-bond donors (Lipinski definition) is 0. The Labute approximate surface area is 332 Å². The Bertz CT molecular complexity index is 2690. The maximum absolute atomic E-state index is 5.56. The molecule has 0 bridgehead atoms. The van der Waals surface area contributed by atoms with E-state index in [0.29, 0.717) is 0 Å². The minimum atomic E-state index is -0.495. The Kier molecular flexibility index (Phi) is 7.38. The molecule has 7 heteroatoms. The summed E-state index contributed by atoms with van der Waals surface area (Å²) < 4.78 is 4.37. The maximum atomic E-state index is 5.56. The van der Waals surface area contributed by atoms with E-state index < -0.39 is 5.41 Å². The number of benzene rings is 2. The smallest absolute Gasteiger partial charge is 0.300 e. The molecule has 54 heavy (non-hydrogen) atoms. The average Bonchev–Trinajstić information content (AvgIpc) is 3.77. The fourth-order valence-corrected chi connectivity index (χ4v) is 9.75. The molecule has 10 rings (SSSR count). The van der Waals surface area contributed by atoms with Crippen LogP contribution in [0.2, 0.25) is 0 Å². The van der Waals surface area contributed by atoms with Gasteiger partial charge in [0.1, 0.15) is 0 Å². The molecule has 6 nitrogen and oxygen atoms in total. The molecular weight excluding hydrogens is 844 g/mol. The number of nitrogens with zero attached hydrogens (tertiary/aromatic N) is 6. The van der Waals surface area contributed by atoms with Crippen molar-refractivity contribution in [2.75, 3.05) is 0 Å². The van der Waals surface area contributed by atoms with Crippen molar-refractivity contribution < 1.29 is 21.1 Å². The van der Waals surface area contributed by atoms with E-state index in [1.54, 1.807) is 0 Å². The van der Waals surface area contributed by atoms with Gasteiger partial charge in [0.05, 0.1) is 22.4 Å². The van der Waals surface area contributed by atoms with Crippen LogP contribution in [0, 0.1) is 12.1 Å². The molecule has 0 atom stereocenters. The van der Waals surface area contributed by atoms with Crippen molar-refractivity contribution >= 4 is 54.6 Å². The Balaban J connectivity index is 0.00000384. The summed E-state index contributed by atoms with van der Waals surface area (Å²) in [6, 6.07) is 28.6. The fraction of sp³-hybridized carbons (Fsp3) is 0.404. The minimum Gasteiger partial charge on any atom is -0.300 e. The molecule has 0 fully saturated rings. The molecule has 0 saturated heterocycles. The second-order valence-corrected chi connectivity index (χ2v) is 19.2. The molecule has 2 aromatic carbocycles. The van der Waals surface area contributed by atoms with Crippen LogP contribution < -0.4 is 0 Å². The van der Waals surface area contributed by atoms with Crippen LogP contribution in [0.4, 0.5) is 0 Å². The van der Waals surface area contributed by atoms with Crippen molar-refractivity contribution in [3.63, 3.8) is 0 Å². The van der Waals surface area contributed by atoms with E-state index in [-0.39, 0.29) is 42.7 Å². The van der Waals surface area contributed by atoms with Crippen LogP contribution in [0.15, 0.2) is 60.7 Å². The third kappa shape index (κ3) is 4.68. The van der Waals surface area contributed by atoms with Gasteiger partial charge in [-0.1, -0.05) is 78.3 Å². The monoisotopic (exact) mass is 891 g/mol. The van der Waals surface area contributed by atoms with Crippen LogP contribution in [-0.2, 0) is 48.1 Å². The van der Waals surface area contributed by atoms with Crippen molar-refractivity contribution in [1.29, 1.82) is 0 Å². The molecule has 2 aliphatic rings. The number of pyridine rings is 4. The minimum absolute atomic E-state index is 0. The SMILES string of the molecule is CC1(C)CCC(C)(C)c2c1nn1c3ccc[c-]c3c3nc(C(C)(C)c4ccc5c(n4)c4[c-]cccc4n4nc6c(c54)C(C)(C)CCC6(C)C)ccc3c21.[Pt+2]. The zero-order chi connectivity index (χ0) is 37.0. The van der Waals surface area contributed by atoms with E-state index in [1.165, 1.54) is 33.5 Å². The summed E-state index contributed by atoms with van der Waals surface area (Å²) >= 11 is 0. The molecule has 0 radical (unpaired) electrons. The van der Waals surface area contributed by atoms with E-state index in [9.17, 15) is 0 Å². The van der Waals surface area contributed by atoms with Crippen molar-refractivity contribution in [1.82, 2.24) is 29.2 Å². The summed E-state index contributed by atoms with van der Waals surface area (Å²) in [7, 11) is 0. The summed E-state index contributed by atoms with van der Waals surface area (Å²) in [6.45, 7) is 23.4. The van der Waals surface area contributed by atoms with Crippen molar-refractivity contribution in [2.45, 2.75) is 122 Å². The first-order valence-corrected chi connectivity index (χ1v) is 19.4. The zero-order valence-electron chi connectivity index (χ0n) is 33.1. The number of hydrogen-bond acceptors (Lipinski definition) is 4. The van der Waals surface area contributed by atoms with Crippen molar-refractivity contribution in [3.8, 4) is 0 Å². The summed E-state index contributed by atoms with van der Waals surface area (Å²) in [5.74, 6) is 0. The predicted molar refractivity (Wildman–Crippen MR) is 216 cm³/mol. The van der Waals surface area contributed by atoms with Gasteiger partial charge in [-0.2, -0.15) is 10.2 Å². The van der Waals surface area contributed by atoms with Crippen LogP contribution in [0.5, 0.6) is 0 Å². The summed E-state index contributed by atoms with van der Waals surface area (Å²) in [5, 5.41) is 15.0. The van der Waals surface area contributed by atoms with Crippen molar-refractivity contribution in [3.05, 3.63) is 107 Å². The molecule has 0 spiro atoms. The molecule has 0 aliphatic heterocycles. The molecule has 0 saturated carbocycles. The number of rotatable bonds is 2. The second kappa shape index (κ2) is 11.2. The van der Waals surface area contributed by atoms with Gasteiger partial charge < -0.3 is 0 Å². The van der Waals surface area contributed by atoms with Crippen LogP contribution in [0.1, 0.15) is 129 Å². The van der Waals surface area contributed by atoms with Crippen LogP contribution >= 0.6 is 0 Å². The van der Waals surface area contributed by atoms with Gasteiger partial charge >= 0.3 is 21.1 Å². The molecule has 6 heterocycles. The molecule has 0 unspecified atom stereocenters. The van der Waals surface area contributed by atoms with Gasteiger partial charge in [-0.15, -0.1) is 48.5 Å². The third-order valence-corrected chi connectivity index (χ3v) is 13.3. The number of aromatic nitrogens is 6. The molecule has 2 aliphatic carbocycles. The van der Waals surface area contributed by atoms with Gasteiger partial charge in [0.15, 0.2) is 0 Å². The fourth-order valence-electron chi connectivity index (χ4n) is 9.75. The van der Waals surface area contributed by atoms with E-state index in [1.807, 2.05) is 12.1 Å². The van der Waals surface area contributed by atoms with Gasteiger partial charge in [0, 0.05) is 38.8 Å². The summed E-state index contributed by atoms with van der Waals surface area (Å²) in [4.78, 5) is 11.1. The first kappa shape index (κ1) is 35.5. The summed E-state index contributed by atoms with van der Waals surface area (Å²) in [5.41, 5.74) is 13.0. The first-order valence-electron chi connectivity index (χ1n) is 19.4. The van der Waals surface area contributed by atoms with Crippen LogP contribution in [-0.4, -0.2) is 29.2 Å². The molecule has 276 valence electrons. The van der Waals surface area contributed by atoms with Gasteiger partial charge in [0.25, 0.3) is 0 Å². The van der Waals surface area contributed by atoms with Gasteiger partial charge in [0.2, 0.25) is 0 Å². The second-order valence-electron chi connectivity index (χ2n) is 19.2. The van der Waals surface area contributed by atoms with E-state index in [2.05, 4.69) is 139 Å². The van der Waals surface area contributed by atoms with Gasteiger partial charge in [-0.25, -0.2) is 0 Å². The maximum Gasteiger partial charge on any atom is 2.00 e. The average molecular weight is 892 g/mol. The van der Waals surface area contributed by atoms with Gasteiger partial charge in [-0.3, -0.25) is 19.0 Å². The van der Waals surface area contributed by atoms with E-state index in [4.69, 9.17) is 20.2 Å². The Morgan fingerprint density at radius 1 is 0.556 bits per heavy atom. The Hall–Kier alpha value is -4.15. The third-order valence-electron chi connectivity index (χ3n) is 13.3. The van der Waals surface area contributed by atoms with Crippen molar-refractivity contribution in [2.24, 2.45) is 0 Å². The van der Waals surface area contributed by atoms with Gasteiger partial charge in [-0.05, 0) is 95.3 Å². The predicted octanol–water partition coefficient (Wildman–Crippen LogP) is 11.0. The van der Waals surface area contributed by atoms with E-state index >= 15 is 0 Å². The molecule has 8 aromatic rings. The Morgan fingerprint density at radius 3 is 1.35 bits per heavy atom.